The van der Waals surface area contributed by atoms with Crippen molar-refractivity contribution in [2.75, 3.05) is 55.4 Å². The molecule has 5 nitrogen and oxygen atoms in total. The largest absolute Gasteiger partial charge is 0.392 e. The zero-order valence-electron chi connectivity index (χ0n) is 24.8. The zero-order valence-corrected chi connectivity index (χ0v) is 24.8. The minimum atomic E-state index is -1.22. The van der Waals surface area contributed by atoms with Crippen LogP contribution in [0.1, 0.15) is 0 Å². The highest BCUT2D eigenvalue weighted by atomic mass is 15.4. The Balaban J connectivity index is 0.000000212. The fourth-order valence-corrected chi connectivity index (χ4v) is 5.77. The first-order valence-corrected chi connectivity index (χ1v) is 14.0. The maximum Gasteiger partial charge on any atom is 0.392 e. The number of guanidine groups is 2. The maximum absolute atomic E-state index is 4.67. The molecule has 0 amide bonds. The lowest BCUT2D eigenvalue weighted by atomic mass is 9.13. The van der Waals surface area contributed by atoms with Gasteiger partial charge in [0, 0.05) is 27.2 Å². The van der Waals surface area contributed by atoms with E-state index in [0.717, 1.165) is 25.0 Å². The van der Waals surface area contributed by atoms with Gasteiger partial charge in [0.2, 0.25) is 0 Å². The van der Waals surface area contributed by atoms with Crippen molar-refractivity contribution in [3.63, 3.8) is 0 Å². The molecular formula is C34H42BN5. The molecule has 0 saturated carbocycles. The van der Waals surface area contributed by atoms with Crippen molar-refractivity contribution in [2.24, 2.45) is 4.99 Å². The Kier molecular flexibility index (Phi) is 9.44. The average Bonchev–Trinajstić information content (AvgIpc) is 3.31. The lowest BCUT2D eigenvalue weighted by Crippen LogP contribution is -2.74. The summed E-state index contributed by atoms with van der Waals surface area (Å²) >= 11 is 0. The highest BCUT2D eigenvalue weighted by molar-refractivity contribution is 7.19. The molecule has 1 fully saturated rings. The van der Waals surface area contributed by atoms with Gasteiger partial charge >= 0.3 is 5.96 Å². The first kappa shape index (κ1) is 28.7. The first-order valence-electron chi connectivity index (χ1n) is 14.0. The van der Waals surface area contributed by atoms with Gasteiger partial charge in [0.15, 0.2) is 0 Å². The summed E-state index contributed by atoms with van der Waals surface area (Å²) in [4.78, 5) is 11.0. The van der Waals surface area contributed by atoms with E-state index >= 15 is 0 Å². The fourth-order valence-electron chi connectivity index (χ4n) is 5.77. The Bertz CT molecular complexity index is 1220. The van der Waals surface area contributed by atoms with Crippen LogP contribution in [0, 0.1) is 0 Å². The van der Waals surface area contributed by atoms with Crippen molar-refractivity contribution in [2.45, 2.75) is 0 Å². The number of nitrogens with zero attached hydrogens (tertiary/aromatic N) is 5. The van der Waals surface area contributed by atoms with Crippen LogP contribution in [-0.4, -0.2) is 92.7 Å². The zero-order chi connectivity index (χ0) is 28.5. The molecule has 4 aromatic carbocycles. The molecule has 40 heavy (non-hydrogen) atoms. The van der Waals surface area contributed by atoms with Crippen molar-refractivity contribution >= 4 is 39.9 Å². The summed E-state index contributed by atoms with van der Waals surface area (Å²) in [5, 5.41) is 0. The lowest BCUT2D eigenvalue weighted by molar-refractivity contribution is -0.470. The van der Waals surface area contributed by atoms with Gasteiger partial charge < -0.3 is 9.80 Å². The molecule has 0 unspecified atom stereocenters. The smallest absolute Gasteiger partial charge is 0.330 e. The van der Waals surface area contributed by atoms with Gasteiger partial charge in [-0.2, -0.15) is 21.9 Å². The maximum atomic E-state index is 4.67. The van der Waals surface area contributed by atoms with Gasteiger partial charge in [-0.25, -0.2) is 0 Å². The molecule has 5 rings (SSSR count). The van der Waals surface area contributed by atoms with Crippen molar-refractivity contribution in [3.05, 3.63) is 121 Å². The first-order chi connectivity index (χ1) is 19.4. The van der Waals surface area contributed by atoms with Crippen LogP contribution in [0.15, 0.2) is 126 Å². The highest BCUT2D eigenvalue weighted by Gasteiger charge is 2.31. The summed E-state index contributed by atoms with van der Waals surface area (Å²) in [6.07, 6.45) is -1.22. The summed E-state index contributed by atoms with van der Waals surface area (Å²) < 4.78 is 2.02. The molecule has 206 valence electrons. The molecule has 1 aliphatic rings. The summed E-state index contributed by atoms with van der Waals surface area (Å²) in [5.41, 5.74) is 5.36. The van der Waals surface area contributed by atoms with Crippen LogP contribution in [0.3, 0.4) is 0 Å². The number of hydrogen-bond donors (Lipinski definition) is 0. The van der Waals surface area contributed by atoms with E-state index < -0.39 is 6.15 Å². The lowest BCUT2D eigenvalue weighted by Gasteiger charge is -2.44. The van der Waals surface area contributed by atoms with Gasteiger partial charge in [-0.15, -0.1) is 0 Å². The number of likely N-dealkylation sites (N-methyl/N-ethyl adjacent to an activating group) is 2. The summed E-state index contributed by atoms with van der Waals surface area (Å²) in [5.74, 6) is 2.00. The number of hydrogen-bond acceptors (Lipinski definition) is 0. The molecule has 0 aromatic heterocycles. The Morgan fingerprint density at radius 1 is 0.600 bits per heavy atom. The quantitative estimate of drug-likeness (QED) is 0.175. The van der Waals surface area contributed by atoms with Crippen LogP contribution in [0.5, 0.6) is 0 Å². The molecule has 0 radical (unpaired) electrons. The molecule has 0 bridgehead atoms. The Labute approximate surface area is 240 Å². The second-order valence-electron chi connectivity index (χ2n) is 10.9. The van der Waals surface area contributed by atoms with Crippen molar-refractivity contribution in [1.82, 2.24) is 14.7 Å². The van der Waals surface area contributed by atoms with Gasteiger partial charge in [0.05, 0.1) is 28.2 Å². The van der Waals surface area contributed by atoms with Crippen molar-refractivity contribution < 1.29 is 4.58 Å². The third-order valence-corrected chi connectivity index (χ3v) is 7.65. The molecule has 1 heterocycles. The van der Waals surface area contributed by atoms with Crippen molar-refractivity contribution in [1.29, 1.82) is 0 Å². The standard InChI is InChI=1S/C24H20B.C10H22N5/c1-5-13-21(14-6-1)25(22-15-7-2-8-16-22,23-17-9-3-10-18-23)24-19-11-4-12-20-24;1-12(2)9(13(3)4)11-10-14(5)7-8-15(10)6/h1-20H;7-8H2,1-6H3/q-1;+1. The topological polar surface area (TPSA) is 25.1 Å². The number of aliphatic imine (C=N–C) groups is 1. The fraction of sp³-hybridized carbons (Fsp3) is 0.235. The number of rotatable bonds is 4. The van der Waals surface area contributed by atoms with E-state index in [1.807, 2.05) is 37.7 Å². The molecule has 0 N–H and O–H groups in total. The van der Waals surface area contributed by atoms with Gasteiger partial charge in [0.1, 0.15) is 6.15 Å². The van der Waals surface area contributed by atoms with E-state index in [1.54, 1.807) is 0 Å². The minimum Gasteiger partial charge on any atom is -0.330 e. The third kappa shape index (κ3) is 6.12. The van der Waals surface area contributed by atoms with E-state index in [0.29, 0.717) is 0 Å². The van der Waals surface area contributed by atoms with E-state index in [1.165, 1.54) is 21.9 Å². The molecule has 1 aliphatic heterocycles. The second kappa shape index (κ2) is 13.2. The van der Waals surface area contributed by atoms with E-state index in [9.17, 15) is 0 Å². The average molecular weight is 532 g/mol. The van der Waals surface area contributed by atoms with E-state index in [-0.39, 0.29) is 0 Å². The third-order valence-electron chi connectivity index (χ3n) is 7.65. The van der Waals surface area contributed by atoms with Gasteiger partial charge in [-0.05, 0) is 4.99 Å². The molecule has 6 heteroatoms. The molecular weight excluding hydrogens is 489 g/mol. The Morgan fingerprint density at radius 3 is 1.15 bits per heavy atom. The molecule has 4 aromatic rings. The molecule has 1 saturated heterocycles. The van der Waals surface area contributed by atoms with E-state index in [4.69, 9.17) is 0 Å². The van der Waals surface area contributed by atoms with Crippen LogP contribution in [0.2, 0.25) is 0 Å². The summed E-state index contributed by atoms with van der Waals surface area (Å²) in [6, 6.07) is 43.5. The molecule has 0 atom stereocenters. The predicted molar refractivity (Wildman–Crippen MR) is 174 cm³/mol. The monoisotopic (exact) mass is 531 g/mol. The molecule has 0 spiro atoms. The summed E-state index contributed by atoms with van der Waals surface area (Å²) in [6.45, 7) is 2.09. The molecule has 0 aliphatic carbocycles. The van der Waals surface area contributed by atoms with Crippen LogP contribution < -0.4 is 21.9 Å². The second-order valence-corrected chi connectivity index (χ2v) is 10.9. The predicted octanol–water partition coefficient (Wildman–Crippen LogP) is 2.47. The minimum absolute atomic E-state index is 0.964. The van der Waals surface area contributed by atoms with Gasteiger partial charge in [-0.1, -0.05) is 121 Å². The Hall–Kier alpha value is -4.32. The SMILES string of the molecule is CN(C)C(N=C1N(C)CCN1C)=[N+](C)C.c1ccc([B-](c2ccccc2)(c2ccccc2)c2ccccc2)cc1. The van der Waals surface area contributed by atoms with Crippen LogP contribution in [0.25, 0.3) is 0 Å². The van der Waals surface area contributed by atoms with Crippen LogP contribution >= 0.6 is 0 Å². The van der Waals surface area contributed by atoms with Crippen molar-refractivity contribution in [3.8, 4) is 0 Å². The Morgan fingerprint density at radius 2 is 0.900 bits per heavy atom. The van der Waals surface area contributed by atoms with E-state index in [2.05, 4.69) is 150 Å². The van der Waals surface area contributed by atoms with Crippen LogP contribution in [-0.2, 0) is 0 Å². The van der Waals surface area contributed by atoms with Gasteiger partial charge in [0.25, 0.3) is 5.96 Å². The van der Waals surface area contributed by atoms with Gasteiger partial charge in [-0.3, -0.25) is 9.48 Å². The normalized spacial score (nSPS) is 12.9. The highest BCUT2D eigenvalue weighted by Crippen LogP contribution is 2.09. The number of benzene rings is 4. The summed E-state index contributed by atoms with van der Waals surface area (Å²) in [7, 11) is 12.2. The van der Waals surface area contributed by atoms with Crippen LogP contribution in [0.4, 0.5) is 0 Å².